The molecule has 1 aliphatic rings. The highest BCUT2D eigenvalue weighted by molar-refractivity contribution is 9.08. The maximum Gasteiger partial charge on any atom is 0.358 e. The van der Waals surface area contributed by atoms with Crippen molar-refractivity contribution < 1.29 is 40.2 Å². The van der Waals surface area contributed by atoms with Crippen molar-refractivity contribution in [1.29, 1.82) is 5.26 Å². The highest BCUT2D eigenvalue weighted by Crippen LogP contribution is 2.31. The van der Waals surface area contributed by atoms with Gasteiger partial charge in [-0.15, -0.1) is 20.4 Å². The van der Waals surface area contributed by atoms with Crippen LogP contribution in [0.25, 0.3) is 0 Å². The predicted octanol–water partition coefficient (Wildman–Crippen LogP) is 2.38. The van der Waals surface area contributed by atoms with Gasteiger partial charge in [-0.25, -0.2) is 23.5 Å². The molecule has 28 heteroatoms. The predicted molar refractivity (Wildman–Crippen MR) is 299 cm³/mol. The Kier molecular flexibility index (Phi) is 33.0. The van der Waals surface area contributed by atoms with E-state index in [0.29, 0.717) is 44.2 Å². The third-order valence-electron chi connectivity index (χ3n) is 12.6. The summed E-state index contributed by atoms with van der Waals surface area (Å²) in [5.74, 6) is -1.62. The minimum atomic E-state index is -1.21. The zero-order valence-electron chi connectivity index (χ0n) is 47.0. The van der Waals surface area contributed by atoms with Gasteiger partial charge in [-0.2, -0.15) is 5.26 Å². The van der Waals surface area contributed by atoms with E-state index in [9.17, 15) is 19.8 Å². The van der Waals surface area contributed by atoms with Crippen LogP contribution in [0.5, 0.6) is 0 Å². The monoisotopic (exact) mass is 1170 g/mol. The third-order valence-corrected chi connectivity index (χ3v) is 13.2. The van der Waals surface area contributed by atoms with Crippen molar-refractivity contribution in [1.82, 2.24) is 84.5 Å². The lowest BCUT2D eigenvalue weighted by Crippen LogP contribution is -2.40. The van der Waals surface area contributed by atoms with Crippen molar-refractivity contribution in [2.24, 2.45) is 0 Å². The maximum atomic E-state index is 10.5. The van der Waals surface area contributed by atoms with Gasteiger partial charge in [0, 0.05) is 69.3 Å². The molecule has 4 aromatic heterocycles. The van der Waals surface area contributed by atoms with E-state index in [1.54, 1.807) is 29.4 Å². The van der Waals surface area contributed by atoms with Crippen LogP contribution in [0.3, 0.4) is 0 Å². The highest BCUT2D eigenvalue weighted by atomic mass is 79.9. The summed E-state index contributed by atoms with van der Waals surface area (Å²) in [5.41, 5.74) is 3.12. The number of likely N-dealkylation sites (N-methyl/N-ethyl adjacent to an activating group) is 2. The number of aromatic nitrogens is 12. The smallest absolute Gasteiger partial charge is 0.358 e. The molecule has 2 atom stereocenters. The first-order valence-electron chi connectivity index (χ1n) is 27.1. The number of hydrogen-bond acceptors (Lipinski definition) is 21. The lowest BCUT2D eigenvalue weighted by atomic mass is 9.87. The molecule has 79 heavy (non-hydrogen) atoms. The van der Waals surface area contributed by atoms with Crippen molar-refractivity contribution in [3.63, 3.8) is 0 Å². The number of aliphatic hydroxyl groups is 4. The highest BCUT2D eigenvalue weighted by Gasteiger charge is 2.20. The number of halogens is 1. The van der Waals surface area contributed by atoms with Gasteiger partial charge in [-0.05, 0) is 65.0 Å². The number of carboxylic acids is 2. The van der Waals surface area contributed by atoms with Crippen LogP contribution in [-0.4, -0.2) is 238 Å². The van der Waals surface area contributed by atoms with Gasteiger partial charge in [0.1, 0.15) is 12.7 Å². The standard InChI is InChI=1S/C21H42N6.C12H13N5O.C10H19BrN4O2.C8H12N4O5/c1-5-24(6-2)14-16-26(17-15-25(7-3)8-4)19-27-18-21(22-23-27)20-12-10-9-11-13-20;13-8-11-9-17(15-14-11)10-16(6-7-18)12-4-2-1-3-5-12;1-8(16)4-14(5-9(2)17)7-15-6-10(3-11)12-13-15;13-2-1-11(4-7(14)15)5-12-3-6(8(16)17)9-10-12/h18,20H,5-17,19H2,1-4H3;1-5,9,18H,6-7,10H2;6,8-9,16-17H,3-5,7H2,1-2H3;3,13H,1-2,4-5H2,(H,14,15)(H,16,17). The van der Waals surface area contributed by atoms with Gasteiger partial charge in [0.2, 0.25) is 0 Å². The van der Waals surface area contributed by atoms with Crippen LogP contribution in [-0.2, 0) is 36.8 Å². The first-order valence-corrected chi connectivity index (χ1v) is 28.2. The van der Waals surface area contributed by atoms with E-state index in [1.807, 2.05) is 52.4 Å². The molecule has 1 saturated carbocycles. The van der Waals surface area contributed by atoms with Crippen LogP contribution >= 0.6 is 15.9 Å². The Morgan fingerprint density at radius 1 is 0.646 bits per heavy atom. The Labute approximate surface area is 472 Å². The number of rotatable bonds is 32. The quantitative estimate of drug-likeness (QED) is 0.0337. The van der Waals surface area contributed by atoms with Gasteiger partial charge in [0.15, 0.2) is 11.4 Å². The average molecular weight is 1170 g/mol. The molecule has 1 aliphatic carbocycles. The van der Waals surface area contributed by atoms with Crippen LogP contribution in [0.1, 0.15) is 107 Å². The van der Waals surface area contributed by atoms with Gasteiger partial charge in [-0.1, -0.05) is 102 Å². The number of anilines is 1. The van der Waals surface area contributed by atoms with Crippen molar-refractivity contribution in [2.75, 3.05) is 103 Å². The number of aliphatic carboxylic acids is 1. The van der Waals surface area contributed by atoms with E-state index >= 15 is 0 Å². The van der Waals surface area contributed by atoms with Gasteiger partial charge in [-0.3, -0.25) is 19.5 Å². The molecule has 5 aromatic rings. The maximum absolute atomic E-state index is 10.5. The van der Waals surface area contributed by atoms with Crippen molar-refractivity contribution >= 4 is 33.6 Å². The summed E-state index contributed by atoms with van der Waals surface area (Å²) in [6.07, 6.45) is 12.6. The SMILES string of the molecule is CC(O)CN(CC(C)O)Cn1cc(CBr)nn1.CCN(CC)CCN(CCN(CC)CC)Cn1cc(C2CCCCC2)nn1.N#Cc1cn(CN(CCO)c2ccccc2)nn1.O=C(O)CN(CCO)Cn1cc(C(=O)O)nn1. The molecule has 1 fully saturated rings. The van der Waals surface area contributed by atoms with E-state index in [2.05, 4.69) is 110 Å². The molecule has 6 N–H and O–H groups in total. The van der Waals surface area contributed by atoms with Gasteiger partial charge >= 0.3 is 11.9 Å². The van der Waals surface area contributed by atoms with Crippen LogP contribution in [0.4, 0.5) is 5.69 Å². The normalized spacial score (nSPS) is 13.4. The second-order valence-corrected chi connectivity index (χ2v) is 19.6. The number of para-hydroxylation sites is 1. The van der Waals surface area contributed by atoms with Crippen molar-refractivity contribution in [3.05, 3.63) is 77.9 Å². The molecule has 6 rings (SSSR count). The molecule has 0 radical (unpaired) electrons. The number of alkyl halides is 1. The lowest BCUT2D eigenvalue weighted by Gasteiger charge is -2.28. The molecule has 0 aliphatic heterocycles. The summed E-state index contributed by atoms with van der Waals surface area (Å²) in [5, 5.41) is 94.6. The van der Waals surface area contributed by atoms with Crippen molar-refractivity contribution in [2.45, 2.75) is 124 Å². The molecule has 0 amide bonds. The second kappa shape index (κ2) is 38.7. The summed E-state index contributed by atoms with van der Waals surface area (Å²) in [7, 11) is 0. The molecule has 2 unspecified atom stereocenters. The first kappa shape index (κ1) is 67.4. The van der Waals surface area contributed by atoms with E-state index < -0.39 is 24.1 Å². The molecule has 0 spiro atoms. The molecular formula is C51H86BrN19O8. The minimum Gasteiger partial charge on any atom is -0.480 e. The topological polar surface area (TPSA) is 322 Å². The largest absolute Gasteiger partial charge is 0.480 e. The molecule has 1 aromatic carbocycles. The van der Waals surface area contributed by atoms with Crippen LogP contribution in [0.2, 0.25) is 0 Å². The van der Waals surface area contributed by atoms with E-state index in [4.69, 9.17) is 25.7 Å². The fraction of sp³-hybridized carbons (Fsp3) is 0.667. The number of aromatic carboxylic acids is 1. The Bertz CT molecular complexity index is 2390. The van der Waals surface area contributed by atoms with Gasteiger partial charge < -0.3 is 45.3 Å². The Morgan fingerprint density at radius 2 is 1.16 bits per heavy atom. The molecule has 27 nitrogen and oxygen atoms in total. The summed E-state index contributed by atoms with van der Waals surface area (Å²) in [6.45, 7) is 24.4. The van der Waals surface area contributed by atoms with E-state index in [1.165, 1.54) is 53.6 Å². The number of benzene rings is 1. The number of aliphatic hydroxyl groups excluding tert-OH is 4. The summed E-state index contributed by atoms with van der Waals surface area (Å²) in [6, 6.07) is 11.6. The van der Waals surface area contributed by atoms with Crippen molar-refractivity contribution in [3.8, 4) is 6.07 Å². The molecule has 0 saturated heterocycles. The van der Waals surface area contributed by atoms with Crippen LogP contribution in [0.15, 0.2) is 55.1 Å². The minimum absolute atomic E-state index is 0.0487. The molecule has 0 bridgehead atoms. The fourth-order valence-electron chi connectivity index (χ4n) is 8.52. The number of nitrogens with zero attached hydrogens (tertiary/aromatic N) is 19. The first-order chi connectivity index (χ1) is 38.1. The lowest BCUT2D eigenvalue weighted by molar-refractivity contribution is -0.138. The molecule has 4 heterocycles. The van der Waals surface area contributed by atoms with E-state index in [-0.39, 0.29) is 44.4 Å². The number of nitriles is 1. The van der Waals surface area contributed by atoms with Gasteiger partial charge in [0.25, 0.3) is 0 Å². The summed E-state index contributed by atoms with van der Waals surface area (Å²) in [4.78, 5) is 33.9. The Morgan fingerprint density at radius 3 is 1.67 bits per heavy atom. The zero-order chi connectivity index (χ0) is 58.0. The third kappa shape index (κ3) is 27.2. The Hall–Kier alpha value is -5.87. The number of carbonyl (C=O) groups is 2. The molecule has 440 valence electrons. The van der Waals surface area contributed by atoms with Crippen LogP contribution in [0, 0.1) is 11.3 Å². The molecular weight excluding hydrogens is 1090 g/mol. The zero-order valence-corrected chi connectivity index (χ0v) is 48.6. The van der Waals surface area contributed by atoms with Gasteiger partial charge in [0.05, 0.1) is 88.1 Å². The Balaban J connectivity index is 0.000000283. The fourth-order valence-corrected chi connectivity index (χ4v) is 8.78. The van der Waals surface area contributed by atoms with E-state index in [0.717, 1.165) is 70.4 Å². The summed E-state index contributed by atoms with van der Waals surface area (Å²) < 4.78 is 6.53. The second-order valence-electron chi connectivity index (χ2n) is 19.1. The van der Waals surface area contributed by atoms with Crippen LogP contribution < -0.4 is 4.90 Å². The summed E-state index contributed by atoms with van der Waals surface area (Å²) >= 11 is 3.31. The number of hydrogen-bond donors (Lipinski definition) is 6. The number of carboxylic acid groups (broad SMARTS) is 2. The average Bonchev–Trinajstić information content (AvgIpc) is 4.30.